The predicted octanol–water partition coefficient (Wildman–Crippen LogP) is 5.03. The smallest absolute Gasteiger partial charge is 0.237 e. The minimum Gasteiger partial charge on any atom is -0.361 e. The van der Waals surface area contributed by atoms with Gasteiger partial charge in [0, 0.05) is 40.5 Å². The Labute approximate surface area is 177 Å². The lowest BCUT2D eigenvalue weighted by molar-refractivity contribution is -0.124. The van der Waals surface area contributed by atoms with Crippen molar-refractivity contribution >= 4 is 28.1 Å². The Balaban J connectivity index is 1.45. The third-order valence-electron chi connectivity index (χ3n) is 6.34. The van der Waals surface area contributed by atoms with E-state index in [2.05, 4.69) is 70.5 Å². The molecule has 0 spiro atoms. The van der Waals surface area contributed by atoms with Crippen LogP contribution in [-0.2, 0) is 4.79 Å². The molecule has 0 unspecified atom stereocenters. The monoisotopic (exact) mass is 409 g/mol. The van der Waals surface area contributed by atoms with Crippen molar-refractivity contribution in [3.8, 4) is 0 Å². The molecule has 0 saturated heterocycles. The lowest BCUT2D eigenvalue weighted by atomic mass is 9.86. The largest absolute Gasteiger partial charge is 0.361 e. The molecule has 1 aliphatic rings. The number of nitrogens with one attached hydrogen (secondary N) is 3. The van der Waals surface area contributed by atoms with Gasteiger partial charge < -0.3 is 15.6 Å². The van der Waals surface area contributed by atoms with Crippen LogP contribution in [0.25, 0.3) is 10.9 Å². The summed E-state index contributed by atoms with van der Waals surface area (Å²) >= 11 is 1.77. The highest BCUT2D eigenvalue weighted by Gasteiger charge is 2.26. The number of rotatable bonds is 7. The highest BCUT2D eigenvalue weighted by atomic mass is 32.1. The maximum absolute atomic E-state index is 12.8. The number of fused-ring (bicyclic) bond motifs is 1. The molecule has 0 radical (unpaired) electrons. The zero-order valence-electron chi connectivity index (χ0n) is 17.3. The maximum Gasteiger partial charge on any atom is 0.237 e. The van der Waals surface area contributed by atoms with Crippen LogP contribution in [0.4, 0.5) is 0 Å². The summed E-state index contributed by atoms with van der Waals surface area (Å²) in [5, 5.41) is 10.2. The highest BCUT2D eigenvalue weighted by molar-refractivity contribution is 7.10. The third-order valence-corrected chi connectivity index (χ3v) is 7.33. The van der Waals surface area contributed by atoms with Crippen LogP contribution in [0.3, 0.4) is 0 Å². The summed E-state index contributed by atoms with van der Waals surface area (Å²) in [5.74, 6) is 0.910. The van der Waals surface area contributed by atoms with Gasteiger partial charge in [-0.25, -0.2) is 0 Å². The minimum absolute atomic E-state index is 0.118. The van der Waals surface area contributed by atoms with Crippen LogP contribution in [0.2, 0.25) is 0 Å². The van der Waals surface area contributed by atoms with Crippen molar-refractivity contribution in [1.29, 1.82) is 0 Å². The molecule has 1 fully saturated rings. The van der Waals surface area contributed by atoms with Gasteiger partial charge in [-0.15, -0.1) is 11.3 Å². The van der Waals surface area contributed by atoms with Gasteiger partial charge in [-0.1, -0.05) is 44.0 Å². The van der Waals surface area contributed by atoms with Crippen LogP contribution >= 0.6 is 11.3 Å². The van der Waals surface area contributed by atoms with E-state index in [0.29, 0.717) is 12.0 Å². The molecule has 29 heavy (non-hydrogen) atoms. The molecule has 1 amide bonds. The van der Waals surface area contributed by atoms with Gasteiger partial charge in [0.1, 0.15) is 0 Å². The number of aromatic nitrogens is 1. The van der Waals surface area contributed by atoms with Crippen LogP contribution in [0.15, 0.2) is 48.0 Å². The van der Waals surface area contributed by atoms with Crippen LogP contribution in [0.1, 0.15) is 55.9 Å². The molecule has 1 aliphatic carbocycles. The molecule has 3 aromatic rings. The molecular weight excluding hydrogens is 378 g/mol. The first-order valence-corrected chi connectivity index (χ1v) is 11.6. The van der Waals surface area contributed by atoms with Gasteiger partial charge in [-0.3, -0.25) is 4.79 Å². The van der Waals surface area contributed by atoms with Gasteiger partial charge in [-0.05, 0) is 48.8 Å². The number of thiophene rings is 1. The highest BCUT2D eigenvalue weighted by Crippen LogP contribution is 2.33. The average Bonchev–Trinajstić information content (AvgIpc) is 3.40. The van der Waals surface area contributed by atoms with Crippen molar-refractivity contribution in [3.63, 3.8) is 0 Å². The van der Waals surface area contributed by atoms with Crippen molar-refractivity contribution in [2.75, 3.05) is 6.54 Å². The van der Waals surface area contributed by atoms with Gasteiger partial charge in [0.25, 0.3) is 0 Å². The molecule has 1 aromatic carbocycles. The second-order valence-corrected chi connectivity index (χ2v) is 9.34. The number of hydrogen-bond acceptors (Lipinski definition) is 3. The van der Waals surface area contributed by atoms with E-state index >= 15 is 0 Å². The number of benzene rings is 1. The number of hydrogen-bond donors (Lipinski definition) is 3. The van der Waals surface area contributed by atoms with Gasteiger partial charge in [0.15, 0.2) is 0 Å². The number of H-pyrrole nitrogens is 1. The molecule has 0 bridgehead atoms. The van der Waals surface area contributed by atoms with E-state index in [4.69, 9.17) is 0 Å². The molecule has 4 nitrogen and oxygen atoms in total. The Morgan fingerprint density at radius 3 is 2.83 bits per heavy atom. The van der Waals surface area contributed by atoms with Crippen molar-refractivity contribution < 1.29 is 4.79 Å². The fraction of sp³-hybridized carbons (Fsp3) is 0.458. The second-order valence-electron chi connectivity index (χ2n) is 8.36. The molecule has 0 aliphatic heterocycles. The van der Waals surface area contributed by atoms with Gasteiger partial charge in [0.05, 0.1) is 6.04 Å². The Morgan fingerprint density at radius 2 is 2.03 bits per heavy atom. The zero-order valence-corrected chi connectivity index (χ0v) is 18.1. The van der Waals surface area contributed by atoms with Crippen LogP contribution < -0.4 is 10.6 Å². The second kappa shape index (κ2) is 9.14. The van der Waals surface area contributed by atoms with E-state index in [1.165, 1.54) is 35.1 Å². The van der Waals surface area contributed by atoms with Crippen LogP contribution in [0.5, 0.6) is 0 Å². The molecule has 2 heterocycles. The fourth-order valence-corrected chi connectivity index (χ4v) is 5.31. The maximum atomic E-state index is 12.8. The van der Waals surface area contributed by atoms with Gasteiger partial charge >= 0.3 is 0 Å². The SMILES string of the molecule is C[C@@H](NC[C@@H](c1cccs1)c1c[nH]c2ccccc12)C(=O)N[C@H]1CCCC[C@@H]1C. The number of para-hydroxylation sites is 1. The lowest BCUT2D eigenvalue weighted by Gasteiger charge is -2.30. The number of carbonyl (C=O) groups excluding carboxylic acids is 1. The summed E-state index contributed by atoms with van der Waals surface area (Å²) in [6.07, 6.45) is 6.94. The molecule has 4 rings (SSSR count). The van der Waals surface area contributed by atoms with E-state index in [1.54, 1.807) is 11.3 Å². The first-order valence-electron chi connectivity index (χ1n) is 10.8. The summed E-state index contributed by atoms with van der Waals surface area (Å²) in [7, 11) is 0. The number of amides is 1. The number of carbonyl (C=O) groups is 1. The first-order chi connectivity index (χ1) is 14.1. The first kappa shape index (κ1) is 20.2. The van der Waals surface area contributed by atoms with Crippen molar-refractivity contribution in [3.05, 3.63) is 58.4 Å². The Kier molecular flexibility index (Phi) is 6.36. The molecular formula is C24H31N3OS. The van der Waals surface area contributed by atoms with E-state index in [1.807, 2.05) is 6.92 Å². The Hall–Kier alpha value is -2.11. The fourth-order valence-electron chi connectivity index (χ4n) is 4.46. The average molecular weight is 410 g/mol. The van der Waals surface area contributed by atoms with Crippen LogP contribution in [-0.4, -0.2) is 29.5 Å². The van der Waals surface area contributed by atoms with Crippen LogP contribution in [0, 0.1) is 5.92 Å². The summed E-state index contributed by atoms with van der Waals surface area (Å²) in [6.45, 7) is 4.97. The Bertz CT molecular complexity index is 933. The van der Waals surface area contributed by atoms with Crippen molar-refractivity contribution in [1.82, 2.24) is 15.6 Å². The lowest BCUT2D eigenvalue weighted by Crippen LogP contribution is -2.49. The summed E-state index contributed by atoms with van der Waals surface area (Å²) in [5.41, 5.74) is 2.44. The van der Waals surface area contributed by atoms with Crippen molar-refractivity contribution in [2.24, 2.45) is 5.92 Å². The molecule has 2 aromatic heterocycles. The van der Waals surface area contributed by atoms with E-state index in [9.17, 15) is 4.79 Å². The topological polar surface area (TPSA) is 56.9 Å². The molecule has 3 N–H and O–H groups in total. The Morgan fingerprint density at radius 1 is 1.21 bits per heavy atom. The van der Waals surface area contributed by atoms with E-state index in [-0.39, 0.29) is 17.9 Å². The molecule has 1 saturated carbocycles. The normalized spacial score (nSPS) is 21.7. The van der Waals surface area contributed by atoms with E-state index in [0.717, 1.165) is 18.5 Å². The van der Waals surface area contributed by atoms with E-state index < -0.39 is 0 Å². The molecule has 5 heteroatoms. The summed E-state index contributed by atoms with van der Waals surface area (Å²) in [4.78, 5) is 17.5. The number of aromatic amines is 1. The molecule has 4 atom stereocenters. The predicted molar refractivity (Wildman–Crippen MR) is 121 cm³/mol. The van der Waals surface area contributed by atoms with Gasteiger partial charge in [0.2, 0.25) is 5.91 Å². The minimum atomic E-state index is -0.211. The quantitative estimate of drug-likeness (QED) is 0.512. The van der Waals surface area contributed by atoms with Gasteiger partial charge in [-0.2, -0.15) is 0 Å². The van der Waals surface area contributed by atoms with Crippen molar-refractivity contribution in [2.45, 2.75) is 57.5 Å². The summed E-state index contributed by atoms with van der Waals surface area (Å²) in [6, 6.07) is 12.8. The standard InChI is InChI=1S/C24H31N3OS/c1-16-8-3-5-10-21(16)27-24(28)17(2)25-15-20(23-12-7-13-29-23)19-14-26-22-11-6-4-9-18(19)22/h4,6-7,9,11-14,16-17,20-21,25-26H,3,5,8,10,15H2,1-2H3,(H,27,28)/t16-,17+,20+,21-/m0/s1. The zero-order chi connectivity index (χ0) is 20.2. The third kappa shape index (κ3) is 4.57. The summed E-state index contributed by atoms with van der Waals surface area (Å²) < 4.78 is 0. The molecule has 154 valence electrons.